The molecule has 2 aromatic heterocycles. The van der Waals surface area contributed by atoms with Crippen LogP contribution in [0.15, 0.2) is 42.6 Å². The van der Waals surface area contributed by atoms with Crippen molar-refractivity contribution in [1.29, 1.82) is 0 Å². The number of carbonyl (C=O) groups is 1. The maximum absolute atomic E-state index is 10.9. The van der Waals surface area contributed by atoms with Gasteiger partial charge in [0.1, 0.15) is 12.1 Å². The highest BCUT2D eigenvalue weighted by molar-refractivity contribution is 5.87. The van der Waals surface area contributed by atoms with Crippen LogP contribution in [-0.4, -0.2) is 31.2 Å². The first kappa shape index (κ1) is 12.1. The van der Waals surface area contributed by atoms with Gasteiger partial charge in [-0.2, -0.15) is 0 Å². The summed E-state index contributed by atoms with van der Waals surface area (Å²) in [6, 6.07) is 10.1. The predicted molar refractivity (Wildman–Crippen MR) is 69.0 cm³/mol. The van der Waals surface area contributed by atoms with Crippen molar-refractivity contribution >= 4 is 17.1 Å². The van der Waals surface area contributed by atoms with E-state index in [2.05, 4.69) is 15.3 Å². The molecule has 3 rings (SSSR count). The maximum Gasteiger partial charge on any atom is 0.335 e. The molecule has 0 bridgehead atoms. The summed E-state index contributed by atoms with van der Waals surface area (Å²) < 4.78 is 0. The minimum absolute atomic E-state index is 0.177. The molecule has 0 unspecified atom stereocenters. The zero-order chi connectivity index (χ0) is 13.9. The quantitative estimate of drug-likeness (QED) is 0.765. The van der Waals surface area contributed by atoms with Crippen LogP contribution >= 0.6 is 0 Å². The van der Waals surface area contributed by atoms with Crippen molar-refractivity contribution in [2.45, 2.75) is 6.61 Å². The molecule has 0 saturated carbocycles. The molecule has 0 atom stereocenters. The predicted octanol–water partition coefficient (Wildman–Crippen LogP) is 1.15. The Morgan fingerprint density at radius 1 is 1.30 bits per heavy atom. The van der Waals surface area contributed by atoms with Crippen molar-refractivity contribution in [3.8, 4) is 0 Å². The number of carboxylic acids is 1. The molecule has 0 saturated heterocycles. The first-order valence-corrected chi connectivity index (χ1v) is 5.86. The van der Waals surface area contributed by atoms with Gasteiger partial charge in [0.2, 0.25) is 5.65 Å². The van der Waals surface area contributed by atoms with Crippen molar-refractivity contribution in [1.82, 2.24) is 20.1 Å². The van der Waals surface area contributed by atoms with E-state index in [0.29, 0.717) is 11.2 Å². The second-order valence-electron chi connectivity index (χ2n) is 4.09. The summed E-state index contributed by atoms with van der Waals surface area (Å²) >= 11 is 0. The van der Waals surface area contributed by atoms with E-state index in [-0.39, 0.29) is 12.2 Å². The van der Waals surface area contributed by atoms with Gasteiger partial charge in [-0.1, -0.05) is 17.0 Å². The first-order valence-electron chi connectivity index (χ1n) is 5.86. The molecule has 7 nitrogen and oxygen atoms in total. The molecule has 0 amide bonds. The van der Waals surface area contributed by atoms with Gasteiger partial charge in [0.25, 0.3) is 0 Å². The highest BCUT2D eigenvalue weighted by atomic mass is 16.7. The van der Waals surface area contributed by atoms with Crippen LogP contribution in [0.1, 0.15) is 15.9 Å². The monoisotopic (exact) mass is 270 g/mol. The van der Waals surface area contributed by atoms with Crippen LogP contribution in [0.3, 0.4) is 0 Å². The van der Waals surface area contributed by atoms with Crippen LogP contribution in [0.5, 0.6) is 0 Å². The Balaban J connectivity index is 1.79. The average Bonchev–Trinajstić information content (AvgIpc) is 2.89. The molecule has 7 heteroatoms. The van der Waals surface area contributed by atoms with Crippen LogP contribution in [-0.2, 0) is 6.61 Å². The fraction of sp³-hybridized carbons (Fsp3) is 0.0769. The molecule has 0 fully saturated rings. The van der Waals surface area contributed by atoms with Crippen LogP contribution in [0.25, 0.3) is 11.2 Å². The topological polar surface area (TPSA) is 90.1 Å². The summed E-state index contributed by atoms with van der Waals surface area (Å²) in [6.45, 7) is 0.177. The fourth-order valence-corrected chi connectivity index (χ4v) is 1.76. The lowest BCUT2D eigenvalue weighted by molar-refractivity contribution is 0.0691. The van der Waals surface area contributed by atoms with Crippen molar-refractivity contribution in [3.05, 3.63) is 53.7 Å². The second-order valence-corrected chi connectivity index (χ2v) is 4.09. The Morgan fingerprint density at radius 3 is 3.05 bits per heavy atom. The Kier molecular flexibility index (Phi) is 3.00. The number of rotatable bonds is 4. The lowest BCUT2D eigenvalue weighted by atomic mass is 10.1. The number of nitrogens with zero attached hydrogens (tertiary/aromatic N) is 4. The van der Waals surface area contributed by atoms with E-state index in [9.17, 15) is 4.79 Å². The molecule has 1 aromatic carbocycles. The van der Waals surface area contributed by atoms with Gasteiger partial charge in [-0.25, -0.2) is 9.78 Å². The number of pyridine rings is 1. The molecule has 3 aromatic rings. The third-order valence-electron chi connectivity index (χ3n) is 2.71. The largest absolute Gasteiger partial charge is 0.478 e. The number of aromatic nitrogens is 4. The van der Waals surface area contributed by atoms with Crippen LogP contribution < -0.4 is 4.84 Å². The molecular formula is C13H10N4O3. The number of fused-ring (bicyclic) bond motifs is 1. The second kappa shape index (κ2) is 4.96. The summed E-state index contributed by atoms with van der Waals surface area (Å²) in [5.74, 6) is -0.972. The van der Waals surface area contributed by atoms with Gasteiger partial charge in [-0.05, 0) is 35.0 Å². The smallest absolute Gasteiger partial charge is 0.335 e. The van der Waals surface area contributed by atoms with Crippen molar-refractivity contribution < 1.29 is 14.7 Å². The lowest BCUT2D eigenvalue weighted by Crippen LogP contribution is -2.13. The van der Waals surface area contributed by atoms with Gasteiger partial charge in [0, 0.05) is 6.20 Å². The highest BCUT2D eigenvalue weighted by Gasteiger charge is 2.07. The maximum atomic E-state index is 10.9. The van der Waals surface area contributed by atoms with Crippen LogP contribution in [0, 0.1) is 0 Å². The van der Waals surface area contributed by atoms with Gasteiger partial charge in [0.05, 0.1) is 5.56 Å². The Hall–Kier alpha value is -2.96. The van der Waals surface area contributed by atoms with Crippen molar-refractivity contribution in [3.63, 3.8) is 0 Å². The van der Waals surface area contributed by atoms with E-state index in [1.165, 1.54) is 10.9 Å². The van der Waals surface area contributed by atoms with E-state index in [1.807, 2.05) is 0 Å². The van der Waals surface area contributed by atoms with E-state index < -0.39 is 5.97 Å². The molecule has 0 aliphatic heterocycles. The Morgan fingerprint density at radius 2 is 2.20 bits per heavy atom. The molecule has 0 radical (unpaired) electrons. The third-order valence-corrected chi connectivity index (χ3v) is 2.71. The van der Waals surface area contributed by atoms with Gasteiger partial charge in [-0.15, -0.1) is 5.10 Å². The number of benzene rings is 1. The molecule has 2 heterocycles. The molecule has 20 heavy (non-hydrogen) atoms. The first-order chi connectivity index (χ1) is 9.74. The van der Waals surface area contributed by atoms with Crippen molar-refractivity contribution in [2.24, 2.45) is 0 Å². The third kappa shape index (κ3) is 2.28. The van der Waals surface area contributed by atoms with Gasteiger partial charge < -0.3 is 9.94 Å². The molecule has 1 N–H and O–H groups in total. The number of hydrogen-bond acceptors (Lipinski definition) is 5. The van der Waals surface area contributed by atoms with Crippen molar-refractivity contribution in [2.75, 3.05) is 0 Å². The van der Waals surface area contributed by atoms with Gasteiger partial charge in [0.15, 0.2) is 0 Å². The zero-order valence-corrected chi connectivity index (χ0v) is 10.3. The van der Waals surface area contributed by atoms with Gasteiger partial charge in [-0.3, -0.25) is 0 Å². The molecule has 0 aliphatic carbocycles. The summed E-state index contributed by atoms with van der Waals surface area (Å²) in [7, 11) is 0. The molecule has 100 valence electrons. The van der Waals surface area contributed by atoms with E-state index in [1.54, 1.807) is 36.5 Å². The summed E-state index contributed by atoms with van der Waals surface area (Å²) in [5.41, 5.74) is 2.09. The molecule has 0 aliphatic rings. The number of hydrogen-bond donors (Lipinski definition) is 1. The Labute approximate surface area is 113 Å². The van der Waals surface area contributed by atoms with E-state index >= 15 is 0 Å². The normalized spacial score (nSPS) is 10.6. The standard InChI is InChI=1S/C13H10N4O3/c18-13(19)10-4-1-3-9(7-10)8-20-17-12-11(15-16-17)5-2-6-14-12/h1-7H,8H2,(H,18,19). The minimum atomic E-state index is -0.972. The summed E-state index contributed by atoms with van der Waals surface area (Å²) in [6.07, 6.45) is 1.62. The molecule has 0 spiro atoms. The highest BCUT2D eigenvalue weighted by Crippen LogP contribution is 2.08. The molecular weight excluding hydrogens is 260 g/mol. The average molecular weight is 270 g/mol. The lowest BCUT2D eigenvalue weighted by Gasteiger charge is -2.05. The van der Waals surface area contributed by atoms with E-state index in [4.69, 9.17) is 9.94 Å². The van der Waals surface area contributed by atoms with Crippen LogP contribution in [0.2, 0.25) is 0 Å². The van der Waals surface area contributed by atoms with Crippen LogP contribution in [0.4, 0.5) is 0 Å². The zero-order valence-electron chi connectivity index (χ0n) is 10.3. The van der Waals surface area contributed by atoms with Gasteiger partial charge >= 0.3 is 5.97 Å². The number of aromatic carboxylic acids is 1. The summed E-state index contributed by atoms with van der Waals surface area (Å²) in [4.78, 5) is 21.7. The summed E-state index contributed by atoms with van der Waals surface area (Å²) in [5, 5.41) is 16.7. The SMILES string of the molecule is O=C(O)c1cccc(COn2nnc3cccnc32)c1. The minimum Gasteiger partial charge on any atom is -0.478 e. The van der Waals surface area contributed by atoms with E-state index in [0.717, 1.165) is 5.56 Å². The fourth-order valence-electron chi connectivity index (χ4n) is 1.76. The number of carboxylic acid groups (broad SMARTS) is 1. The Bertz CT molecular complexity index is 769.